The van der Waals surface area contributed by atoms with E-state index in [1.165, 1.54) is 42.8 Å². The van der Waals surface area contributed by atoms with Gasteiger partial charge in [-0.25, -0.2) is 4.98 Å². The Morgan fingerprint density at radius 3 is 2.65 bits per heavy atom. The van der Waals surface area contributed by atoms with E-state index < -0.39 is 0 Å². The van der Waals surface area contributed by atoms with Gasteiger partial charge in [0.25, 0.3) is 0 Å². The fourth-order valence-corrected chi connectivity index (χ4v) is 3.93. The van der Waals surface area contributed by atoms with Gasteiger partial charge in [0.1, 0.15) is 16.2 Å². The highest BCUT2D eigenvalue weighted by molar-refractivity contribution is 7.19. The summed E-state index contributed by atoms with van der Waals surface area (Å²) in [5.74, 6) is 1.89. The van der Waals surface area contributed by atoms with E-state index in [0.29, 0.717) is 5.92 Å². The van der Waals surface area contributed by atoms with Crippen LogP contribution in [0.4, 0.5) is 5.69 Å². The van der Waals surface area contributed by atoms with E-state index in [0.717, 1.165) is 16.0 Å². The number of nitrogens with two attached hydrogens (primary N) is 1. The summed E-state index contributed by atoms with van der Waals surface area (Å²) >= 11 is 1.72. The van der Waals surface area contributed by atoms with Crippen LogP contribution in [0.3, 0.4) is 0 Å². The first-order valence-electron chi connectivity index (χ1n) is 6.39. The van der Waals surface area contributed by atoms with Crippen molar-refractivity contribution < 1.29 is 0 Å². The largest absolute Gasteiger partial charge is 0.396 e. The fraction of sp³-hybridized carbons (Fsp3) is 0.615. The molecule has 2 N–H and O–H groups in total. The maximum atomic E-state index is 6.13. The van der Waals surface area contributed by atoms with Gasteiger partial charge in [0.15, 0.2) is 0 Å². The van der Waals surface area contributed by atoms with Crippen molar-refractivity contribution >= 4 is 27.4 Å². The number of aromatic nitrogens is 2. The lowest BCUT2D eigenvalue weighted by atomic mass is 9.89. The summed E-state index contributed by atoms with van der Waals surface area (Å²) in [5, 5.41) is 0. The SMILES string of the molecule is Cc1sc2nc(C3CCCCC3)n(C)c2c1N. The Kier molecular flexibility index (Phi) is 2.62. The fourth-order valence-electron chi connectivity index (χ4n) is 2.95. The van der Waals surface area contributed by atoms with Crippen LogP contribution in [0, 0.1) is 6.92 Å². The minimum atomic E-state index is 0.646. The van der Waals surface area contributed by atoms with Gasteiger partial charge in [-0.05, 0) is 19.8 Å². The normalized spacial score (nSPS) is 18.0. The number of aryl methyl sites for hydroxylation is 2. The number of hydrogen-bond acceptors (Lipinski definition) is 3. The van der Waals surface area contributed by atoms with Gasteiger partial charge in [0.05, 0.1) is 5.69 Å². The molecule has 3 rings (SSSR count). The summed E-state index contributed by atoms with van der Waals surface area (Å²) in [6.07, 6.45) is 6.66. The van der Waals surface area contributed by atoms with Crippen LogP contribution in [0.1, 0.15) is 48.7 Å². The second-order valence-corrected chi connectivity index (χ2v) is 6.29. The molecule has 2 heterocycles. The van der Waals surface area contributed by atoms with Gasteiger partial charge in [-0.3, -0.25) is 0 Å². The molecule has 92 valence electrons. The highest BCUT2D eigenvalue weighted by Gasteiger charge is 2.23. The van der Waals surface area contributed by atoms with Gasteiger partial charge in [-0.15, -0.1) is 11.3 Å². The summed E-state index contributed by atoms with van der Waals surface area (Å²) < 4.78 is 2.23. The molecule has 0 saturated heterocycles. The zero-order valence-electron chi connectivity index (χ0n) is 10.5. The molecule has 2 aromatic heterocycles. The molecule has 0 radical (unpaired) electrons. The first-order valence-corrected chi connectivity index (χ1v) is 7.21. The van der Waals surface area contributed by atoms with Crippen LogP contribution in [0.5, 0.6) is 0 Å². The standard InChI is InChI=1S/C13H19N3S/c1-8-10(14)11-13(17-8)15-12(16(11)2)9-6-4-3-5-7-9/h9H,3-7,14H2,1-2H3. The predicted molar refractivity (Wildman–Crippen MR) is 73.6 cm³/mol. The number of nitrogens with zero attached hydrogens (tertiary/aromatic N) is 2. The summed E-state index contributed by atoms with van der Waals surface area (Å²) in [4.78, 5) is 7.12. The number of nitrogen functional groups attached to an aromatic ring is 1. The molecule has 0 amide bonds. The predicted octanol–water partition coefficient (Wildman–Crippen LogP) is 3.57. The third kappa shape index (κ3) is 1.66. The van der Waals surface area contributed by atoms with Crippen molar-refractivity contribution in [3.63, 3.8) is 0 Å². The number of hydrogen-bond donors (Lipinski definition) is 1. The van der Waals surface area contributed by atoms with Gasteiger partial charge >= 0.3 is 0 Å². The molecular weight excluding hydrogens is 230 g/mol. The third-order valence-electron chi connectivity index (χ3n) is 3.95. The molecule has 0 aromatic carbocycles. The van der Waals surface area contributed by atoms with E-state index in [1.807, 2.05) is 0 Å². The van der Waals surface area contributed by atoms with Crippen molar-refractivity contribution in [3.05, 3.63) is 10.7 Å². The van der Waals surface area contributed by atoms with Gasteiger partial charge in [-0.2, -0.15) is 0 Å². The summed E-state index contributed by atoms with van der Waals surface area (Å²) in [5.41, 5.74) is 8.20. The van der Waals surface area contributed by atoms with Gasteiger partial charge in [0, 0.05) is 17.8 Å². The van der Waals surface area contributed by atoms with Crippen molar-refractivity contribution in [3.8, 4) is 0 Å². The van der Waals surface area contributed by atoms with E-state index in [4.69, 9.17) is 10.7 Å². The molecule has 17 heavy (non-hydrogen) atoms. The number of imidazole rings is 1. The molecule has 0 aliphatic heterocycles. The Hall–Kier alpha value is -1.03. The molecular formula is C13H19N3S. The summed E-state index contributed by atoms with van der Waals surface area (Å²) in [7, 11) is 2.11. The Morgan fingerprint density at radius 2 is 2.00 bits per heavy atom. The summed E-state index contributed by atoms with van der Waals surface area (Å²) in [6.45, 7) is 2.07. The molecule has 0 bridgehead atoms. The van der Waals surface area contributed by atoms with Crippen molar-refractivity contribution in [1.82, 2.24) is 9.55 Å². The smallest absolute Gasteiger partial charge is 0.144 e. The van der Waals surface area contributed by atoms with E-state index >= 15 is 0 Å². The van der Waals surface area contributed by atoms with Gasteiger partial charge < -0.3 is 10.3 Å². The Bertz CT molecular complexity index is 546. The molecule has 2 aromatic rings. The first-order chi connectivity index (χ1) is 8.18. The van der Waals surface area contributed by atoms with Crippen molar-refractivity contribution in [1.29, 1.82) is 0 Å². The lowest BCUT2D eigenvalue weighted by Gasteiger charge is -2.21. The molecule has 3 nitrogen and oxygen atoms in total. The number of anilines is 1. The minimum absolute atomic E-state index is 0.646. The van der Waals surface area contributed by atoms with Crippen molar-refractivity contribution in [2.75, 3.05) is 5.73 Å². The van der Waals surface area contributed by atoms with E-state index in [1.54, 1.807) is 11.3 Å². The molecule has 4 heteroatoms. The van der Waals surface area contributed by atoms with E-state index in [9.17, 15) is 0 Å². The lowest BCUT2D eigenvalue weighted by molar-refractivity contribution is 0.423. The molecule has 0 atom stereocenters. The van der Waals surface area contributed by atoms with E-state index in [2.05, 4.69) is 18.5 Å². The maximum Gasteiger partial charge on any atom is 0.144 e. The first kappa shape index (κ1) is 11.1. The monoisotopic (exact) mass is 249 g/mol. The van der Waals surface area contributed by atoms with Crippen molar-refractivity contribution in [2.24, 2.45) is 7.05 Å². The Labute approximate surface area is 106 Å². The van der Waals surface area contributed by atoms with Crippen LogP contribution in [0.2, 0.25) is 0 Å². The number of rotatable bonds is 1. The quantitative estimate of drug-likeness (QED) is 0.839. The van der Waals surface area contributed by atoms with Crippen molar-refractivity contribution in [2.45, 2.75) is 44.9 Å². The van der Waals surface area contributed by atoms with Crippen LogP contribution in [0.15, 0.2) is 0 Å². The van der Waals surface area contributed by atoms with E-state index in [-0.39, 0.29) is 0 Å². The highest BCUT2D eigenvalue weighted by Crippen LogP contribution is 2.38. The molecule has 0 unspecified atom stereocenters. The third-order valence-corrected chi connectivity index (χ3v) is 4.96. The molecule has 1 saturated carbocycles. The number of fused-ring (bicyclic) bond motifs is 1. The second-order valence-electron chi connectivity index (χ2n) is 5.09. The Balaban J connectivity index is 2.08. The zero-order valence-corrected chi connectivity index (χ0v) is 11.3. The topological polar surface area (TPSA) is 43.8 Å². The van der Waals surface area contributed by atoms with Crippen LogP contribution >= 0.6 is 11.3 Å². The minimum Gasteiger partial charge on any atom is -0.396 e. The number of thiophene rings is 1. The average molecular weight is 249 g/mol. The maximum absolute atomic E-state index is 6.13. The lowest BCUT2D eigenvalue weighted by Crippen LogP contribution is -2.10. The Morgan fingerprint density at radius 1 is 1.29 bits per heavy atom. The second kappa shape index (κ2) is 4.02. The van der Waals surface area contributed by atoms with Crippen LogP contribution < -0.4 is 5.73 Å². The molecule has 0 spiro atoms. The molecule has 1 fully saturated rings. The zero-order chi connectivity index (χ0) is 12.0. The van der Waals surface area contributed by atoms with Gasteiger partial charge in [-0.1, -0.05) is 19.3 Å². The van der Waals surface area contributed by atoms with Gasteiger partial charge in [0.2, 0.25) is 0 Å². The highest BCUT2D eigenvalue weighted by atomic mass is 32.1. The summed E-state index contributed by atoms with van der Waals surface area (Å²) in [6, 6.07) is 0. The van der Waals surface area contributed by atoms with Crippen LogP contribution in [0.25, 0.3) is 10.3 Å². The molecule has 1 aliphatic rings. The van der Waals surface area contributed by atoms with Crippen LogP contribution in [-0.4, -0.2) is 9.55 Å². The van der Waals surface area contributed by atoms with Crippen LogP contribution in [-0.2, 0) is 7.05 Å². The molecule has 1 aliphatic carbocycles. The average Bonchev–Trinajstić information content (AvgIpc) is 2.80.